The molecular weight excluding hydrogens is 286 g/mol. The van der Waals surface area contributed by atoms with Crippen LogP contribution < -0.4 is 10.5 Å². The minimum Gasteiger partial charge on any atom is -0.485 e. The van der Waals surface area contributed by atoms with Crippen LogP contribution >= 0.6 is 15.9 Å². The number of hydrogen-bond acceptors (Lipinski definition) is 5. The van der Waals surface area contributed by atoms with Gasteiger partial charge in [-0.1, -0.05) is 15.9 Å². The van der Waals surface area contributed by atoms with Crippen molar-refractivity contribution in [3.8, 4) is 5.75 Å². The van der Waals surface area contributed by atoms with Crippen LogP contribution in [0.3, 0.4) is 0 Å². The number of rotatable bonds is 4. The van der Waals surface area contributed by atoms with Gasteiger partial charge in [-0.3, -0.25) is 0 Å². The van der Waals surface area contributed by atoms with Gasteiger partial charge in [-0.2, -0.15) is 4.80 Å². The molecule has 0 radical (unpaired) electrons. The maximum absolute atomic E-state index is 5.61. The van der Waals surface area contributed by atoms with Crippen molar-refractivity contribution >= 4 is 15.9 Å². The fourth-order valence-electron chi connectivity index (χ4n) is 1.33. The molecule has 0 atom stereocenters. The summed E-state index contributed by atoms with van der Waals surface area (Å²) >= 11 is 3.42. The molecule has 6 nitrogen and oxygen atoms in total. The second kappa shape index (κ2) is 5.24. The molecule has 0 aliphatic carbocycles. The SMILES string of the molecule is Cn1nnc(COc2ccc(Br)c(CN)c2)n1. The Bertz CT molecular complexity index is 513. The third-order valence-electron chi connectivity index (χ3n) is 2.15. The molecule has 0 saturated carbocycles. The Kier molecular flexibility index (Phi) is 3.70. The van der Waals surface area contributed by atoms with Crippen molar-refractivity contribution in [3.05, 3.63) is 34.1 Å². The minimum atomic E-state index is 0.291. The van der Waals surface area contributed by atoms with Gasteiger partial charge >= 0.3 is 0 Å². The molecule has 1 aromatic heterocycles. The highest BCUT2D eigenvalue weighted by atomic mass is 79.9. The van der Waals surface area contributed by atoms with Gasteiger partial charge in [-0.05, 0) is 29.0 Å². The van der Waals surface area contributed by atoms with Crippen molar-refractivity contribution in [1.29, 1.82) is 0 Å². The molecular formula is C10H12BrN5O. The Hall–Kier alpha value is -1.47. The second-order valence-corrected chi connectivity index (χ2v) is 4.30. The first-order valence-corrected chi connectivity index (χ1v) is 5.82. The summed E-state index contributed by atoms with van der Waals surface area (Å²) in [6.45, 7) is 0.751. The summed E-state index contributed by atoms with van der Waals surface area (Å²) in [4.78, 5) is 1.39. The minimum absolute atomic E-state index is 0.291. The largest absolute Gasteiger partial charge is 0.485 e. The molecule has 0 unspecified atom stereocenters. The first-order valence-electron chi connectivity index (χ1n) is 5.03. The van der Waals surface area contributed by atoms with Crippen LogP contribution in [0.5, 0.6) is 5.75 Å². The van der Waals surface area contributed by atoms with Crippen molar-refractivity contribution < 1.29 is 4.74 Å². The number of tetrazole rings is 1. The second-order valence-electron chi connectivity index (χ2n) is 3.44. The van der Waals surface area contributed by atoms with Gasteiger partial charge in [-0.15, -0.1) is 10.2 Å². The van der Waals surface area contributed by atoms with Gasteiger partial charge in [0.2, 0.25) is 5.82 Å². The number of hydrogen-bond donors (Lipinski definition) is 1. The predicted molar refractivity (Wildman–Crippen MR) is 65.2 cm³/mol. The lowest BCUT2D eigenvalue weighted by Gasteiger charge is -2.06. The van der Waals surface area contributed by atoms with Crippen LogP contribution in [0.25, 0.3) is 0 Å². The molecule has 2 rings (SSSR count). The van der Waals surface area contributed by atoms with Crippen LogP contribution in [0, 0.1) is 0 Å². The lowest BCUT2D eigenvalue weighted by Crippen LogP contribution is -2.01. The molecule has 0 saturated heterocycles. The van der Waals surface area contributed by atoms with Gasteiger partial charge in [0, 0.05) is 11.0 Å². The molecule has 1 aromatic carbocycles. The van der Waals surface area contributed by atoms with Crippen LogP contribution in [0.15, 0.2) is 22.7 Å². The first kappa shape index (κ1) is 12.0. The Morgan fingerprint density at radius 3 is 2.94 bits per heavy atom. The number of halogens is 1. The molecule has 0 aliphatic heterocycles. The smallest absolute Gasteiger partial charge is 0.212 e. The van der Waals surface area contributed by atoms with Gasteiger partial charge in [0.15, 0.2) is 6.61 Å². The van der Waals surface area contributed by atoms with Crippen LogP contribution in [-0.2, 0) is 20.2 Å². The first-order chi connectivity index (χ1) is 8.19. The summed E-state index contributed by atoms with van der Waals surface area (Å²) < 4.78 is 6.52. The van der Waals surface area contributed by atoms with Gasteiger partial charge < -0.3 is 10.5 Å². The molecule has 2 aromatic rings. The fraction of sp³-hybridized carbons (Fsp3) is 0.300. The van der Waals surface area contributed by atoms with Crippen LogP contribution in [0.4, 0.5) is 0 Å². The van der Waals surface area contributed by atoms with Crippen molar-refractivity contribution in [2.75, 3.05) is 0 Å². The van der Waals surface area contributed by atoms with Gasteiger partial charge in [0.25, 0.3) is 0 Å². The van der Waals surface area contributed by atoms with E-state index in [1.165, 1.54) is 4.80 Å². The van der Waals surface area contributed by atoms with E-state index in [1.807, 2.05) is 18.2 Å². The summed E-state index contributed by atoms with van der Waals surface area (Å²) in [5.74, 6) is 1.28. The zero-order chi connectivity index (χ0) is 12.3. The van der Waals surface area contributed by atoms with Gasteiger partial charge in [0.05, 0.1) is 7.05 Å². The highest BCUT2D eigenvalue weighted by Crippen LogP contribution is 2.22. The van der Waals surface area contributed by atoms with Crippen molar-refractivity contribution in [3.63, 3.8) is 0 Å². The molecule has 2 N–H and O–H groups in total. The van der Waals surface area contributed by atoms with E-state index in [0.717, 1.165) is 15.8 Å². The summed E-state index contributed by atoms with van der Waals surface area (Å²) in [5, 5.41) is 11.6. The molecule has 0 bridgehead atoms. The van der Waals surface area contributed by atoms with Crippen LogP contribution in [0.1, 0.15) is 11.4 Å². The van der Waals surface area contributed by atoms with E-state index in [0.29, 0.717) is 19.0 Å². The van der Waals surface area contributed by atoms with E-state index >= 15 is 0 Å². The van der Waals surface area contributed by atoms with Crippen LogP contribution in [0.2, 0.25) is 0 Å². The quantitative estimate of drug-likeness (QED) is 0.911. The Balaban J connectivity index is 2.04. The number of nitrogens with two attached hydrogens (primary N) is 1. The normalized spacial score (nSPS) is 10.5. The number of nitrogens with zero attached hydrogens (tertiary/aromatic N) is 4. The summed E-state index contributed by atoms with van der Waals surface area (Å²) in [5.41, 5.74) is 6.60. The molecule has 0 fully saturated rings. The third kappa shape index (κ3) is 3.01. The Morgan fingerprint density at radius 1 is 1.47 bits per heavy atom. The highest BCUT2D eigenvalue weighted by Gasteiger charge is 2.04. The molecule has 17 heavy (non-hydrogen) atoms. The van der Waals surface area contributed by atoms with E-state index in [9.17, 15) is 0 Å². The van der Waals surface area contributed by atoms with Crippen LogP contribution in [-0.4, -0.2) is 20.2 Å². The lowest BCUT2D eigenvalue weighted by molar-refractivity contribution is 0.295. The number of aromatic nitrogens is 4. The molecule has 7 heteroatoms. The third-order valence-corrected chi connectivity index (χ3v) is 2.93. The zero-order valence-corrected chi connectivity index (χ0v) is 10.9. The monoisotopic (exact) mass is 297 g/mol. The molecule has 0 amide bonds. The maximum Gasteiger partial charge on any atom is 0.212 e. The fourth-order valence-corrected chi connectivity index (χ4v) is 1.73. The summed E-state index contributed by atoms with van der Waals surface area (Å²) in [7, 11) is 1.71. The average Bonchev–Trinajstić information content (AvgIpc) is 2.74. The van der Waals surface area contributed by atoms with E-state index in [4.69, 9.17) is 10.5 Å². The number of ether oxygens (including phenoxy) is 1. The topological polar surface area (TPSA) is 78.8 Å². The van der Waals surface area contributed by atoms with E-state index in [-0.39, 0.29) is 0 Å². The highest BCUT2D eigenvalue weighted by molar-refractivity contribution is 9.10. The molecule has 0 spiro atoms. The summed E-state index contributed by atoms with van der Waals surface area (Å²) in [6, 6.07) is 5.65. The Morgan fingerprint density at radius 2 is 2.29 bits per heavy atom. The average molecular weight is 298 g/mol. The van der Waals surface area contributed by atoms with E-state index < -0.39 is 0 Å². The Labute approximate surface area is 107 Å². The standard InChI is InChI=1S/C10H12BrN5O/c1-16-14-10(13-15-16)6-17-8-2-3-9(11)7(4-8)5-12/h2-4H,5-6,12H2,1H3. The predicted octanol–water partition coefficient (Wildman–Crippen LogP) is 1.01. The van der Waals surface area contributed by atoms with E-state index in [2.05, 4.69) is 31.3 Å². The van der Waals surface area contributed by atoms with Crippen molar-refractivity contribution in [2.24, 2.45) is 12.8 Å². The molecule has 1 heterocycles. The van der Waals surface area contributed by atoms with Crippen molar-refractivity contribution in [2.45, 2.75) is 13.2 Å². The van der Waals surface area contributed by atoms with Gasteiger partial charge in [-0.25, -0.2) is 0 Å². The van der Waals surface area contributed by atoms with Gasteiger partial charge in [0.1, 0.15) is 5.75 Å². The maximum atomic E-state index is 5.61. The zero-order valence-electron chi connectivity index (χ0n) is 9.30. The molecule has 0 aliphatic rings. The number of aryl methyl sites for hydroxylation is 1. The molecule has 90 valence electrons. The number of benzene rings is 1. The van der Waals surface area contributed by atoms with E-state index in [1.54, 1.807) is 7.05 Å². The lowest BCUT2D eigenvalue weighted by atomic mass is 10.2. The summed E-state index contributed by atoms with van der Waals surface area (Å²) in [6.07, 6.45) is 0. The van der Waals surface area contributed by atoms with Crippen molar-refractivity contribution in [1.82, 2.24) is 20.2 Å².